The van der Waals surface area contributed by atoms with E-state index < -0.39 is 0 Å². The van der Waals surface area contributed by atoms with Gasteiger partial charge in [0.15, 0.2) is 5.65 Å². The van der Waals surface area contributed by atoms with Crippen LogP contribution in [-0.2, 0) is 0 Å². The lowest BCUT2D eigenvalue weighted by Crippen LogP contribution is -2.26. The number of pyridine rings is 1. The number of H-pyrrole nitrogens is 1. The van der Waals surface area contributed by atoms with Gasteiger partial charge >= 0.3 is 0 Å². The molecule has 1 fully saturated rings. The van der Waals surface area contributed by atoms with Gasteiger partial charge in [0.2, 0.25) is 0 Å². The summed E-state index contributed by atoms with van der Waals surface area (Å²) in [5.74, 6) is 0.567. The van der Waals surface area contributed by atoms with E-state index in [-0.39, 0.29) is 17.6 Å². The van der Waals surface area contributed by atoms with Gasteiger partial charge in [-0.05, 0) is 37.3 Å². The van der Waals surface area contributed by atoms with Crippen LogP contribution in [-0.4, -0.2) is 24.7 Å². The average Bonchev–Trinajstić information content (AvgIpc) is 3.44. The van der Waals surface area contributed by atoms with Gasteiger partial charge in [-0.3, -0.25) is 9.89 Å². The predicted molar refractivity (Wildman–Crippen MR) is 110 cm³/mol. The standard InChI is InChI=1S/C19H16Cl2N6O/c1-9(24-17-15-16(21)25-26-18(15)23-8-22-17)13-7-10-3-2-4-12(20)14(10)19(28)27(13)11-5-6-11/h2-4,7-9,11H,5-6H2,1H3,(H2,22,23,24,25,26). The van der Waals surface area contributed by atoms with Gasteiger partial charge in [-0.15, -0.1) is 0 Å². The molecule has 0 amide bonds. The first kappa shape index (κ1) is 17.5. The Morgan fingerprint density at radius 3 is 2.86 bits per heavy atom. The van der Waals surface area contributed by atoms with Crippen LogP contribution in [0.15, 0.2) is 35.4 Å². The van der Waals surface area contributed by atoms with E-state index in [1.54, 1.807) is 6.07 Å². The van der Waals surface area contributed by atoms with Crippen molar-refractivity contribution in [3.63, 3.8) is 0 Å². The largest absolute Gasteiger partial charge is 0.361 e. The lowest BCUT2D eigenvalue weighted by atomic mass is 10.1. The third-order valence-corrected chi connectivity index (χ3v) is 5.66. The van der Waals surface area contributed by atoms with Gasteiger partial charge in [0.1, 0.15) is 22.7 Å². The number of aromatic nitrogens is 5. The maximum absolute atomic E-state index is 13.2. The zero-order chi connectivity index (χ0) is 19.4. The Bertz CT molecular complexity index is 1280. The lowest BCUT2D eigenvalue weighted by molar-refractivity contribution is 0.636. The minimum absolute atomic E-state index is 0.0524. The van der Waals surface area contributed by atoms with Crippen molar-refractivity contribution in [2.24, 2.45) is 0 Å². The highest BCUT2D eigenvalue weighted by Crippen LogP contribution is 2.38. The molecule has 7 nitrogen and oxygen atoms in total. The van der Waals surface area contributed by atoms with Crippen LogP contribution in [0.3, 0.4) is 0 Å². The first-order valence-electron chi connectivity index (χ1n) is 8.99. The first-order valence-corrected chi connectivity index (χ1v) is 9.75. The van der Waals surface area contributed by atoms with Gasteiger partial charge < -0.3 is 9.88 Å². The maximum Gasteiger partial charge on any atom is 0.260 e. The molecule has 0 radical (unpaired) electrons. The summed E-state index contributed by atoms with van der Waals surface area (Å²) in [6.45, 7) is 1.99. The molecule has 142 valence electrons. The Morgan fingerprint density at radius 1 is 1.25 bits per heavy atom. The summed E-state index contributed by atoms with van der Waals surface area (Å²) in [6.07, 6.45) is 3.41. The zero-order valence-electron chi connectivity index (χ0n) is 14.9. The van der Waals surface area contributed by atoms with Gasteiger partial charge in [0.05, 0.1) is 16.5 Å². The number of anilines is 1. The summed E-state index contributed by atoms with van der Waals surface area (Å²) < 4.78 is 1.86. The van der Waals surface area contributed by atoms with E-state index in [4.69, 9.17) is 23.2 Å². The van der Waals surface area contributed by atoms with Crippen molar-refractivity contribution in [3.05, 3.63) is 56.8 Å². The number of hydrogen-bond donors (Lipinski definition) is 2. The van der Waals surface area contributed by atoms with E-state index in [9.17, 15) is 4.79 Å². The second-order valence-corrected chi connectivity index (χ2v) is 7.79. The third kappa shape index (κ3) is 2.73. The van der Waals surface area contributed by atoms with E-state index in [0.29, 0.717) is 32.4 Å². The molecule has 1 aromatic carbocycles. The molecule has 1 aliphatic rings. The summed E-state index contributed by atoms with van der Waals surface area (Å²) >= 11 is 12.5. The molecule has 28 heavy (non-hydrogen) atoms. The minimum Gasteiger partial charge on any atom is -0.361 e. The molecule has 0 saturated heterocycles. The van der Waals surface area contributed by atoms with E-state index in [0.717, 1.165) is 23.9 Å². The van der Waals surface area contributed by atoms with Gasteiger partial charge in [0, 0.05) is 11.7 Å². The monoisotopic (exact) mass is 414 g/mol. The second kappa shape index (κ2) is 6.46. The van der Waals surface area contributed by atoms with Gasteiger partial charge in [-0.2, -0.15) is 5.10 Å². The summed E-state index contributed by atoms with van der Waals surface area (Å²) in [7, 11) is 0. The van der Waals surface area contributed by atoms with Crippen molar-refractivity contribution < 1.29 is 0 Å². The molecular formula is C19H16Cl2N6O. The van der Waals surface area contributed by atoms with E-state index in [1.165, 1.54) is 6.33 Å². The third-order valence-electron chi connectivity index (χ3n) is 5.08. The molecule has 1 unspecified atom stereocenters. The van der Waals surface area contributed by atoms with Crippen LogP contribution in [0, 0.1) is 0 Å². The van der Waals surface area contributed by atoms with Gasteiger partial charge in [-0.1, -0.05) is 35.3 Å². The molecule has 2 N–H and O–H groups in total. The fourth-order valence-electron chi connectivity index (χ4n) is 3.61. The van der Waals surface area contributed by atoms with Gasteiger partial charge in [-0.25, -0.2) is 9.97 Å². The Labute approximate surface area is 169 Å². The van der Waals surface area contributed by atoms with Crippen molar-refractivity contribution in [3.8, 4) is 0 Å². The maximum atomic E-state index is 13.2. The molecule has 3 aromatic heterocycles. The number of nitrogens with one attached hydrogen (secondary N) is 2. The molecule has 9 heteroatoms. The van der Waals surface area contributed by atoms with Crippen molar-refractivity contribution in [1.29, 1.82) is 0 Å². The number of halogens is 2. The van der Waals surface area contributed by atoms with E-state index in [2.05, 4.69) is 25.5 Å². The van der Waals surface area contributed by atoms with Crippen molar-refractivity contribution in [2.45, 2.75) is 31.8 Å². The van der Waals surface area contributed by atoms with E-state index >= 15 is 0 Å². The Kier molecular flexibility index (Phi) is 4.03. The summed E-state index contributed by atoms with van der Waals surface area (Å²) in [4.78, 5) is 21.7. The van der Waals surface area contributed by atoms with E-state index in [1.807, 2.05) is 29.7 Å². The van der Waals surface area contributed by atoms with Crippen LogP contribution in [0.25, 0.3) is 21.8 Å². The molecule has 0 bridgehead atoms. The van der Waals surface area contributed by atoms with Crippen molar-refractivity contribution >= 4 is 50.8 Å². The van der Waals surface area contributed by atoms with Crippen LogP contribution in [0.5, 0.6) is 0 Å². The molecular weight excluding hydrogens is 399 g/mol. The van der Waals surface area contributed by atoms with Crippen LogP contribution in [0.1, 0.15) is 37.5 Å². The highest BCUT2D eigenvalue weighted by atomic mass is 35.5. The number of aromatic amines is 1. The highest BCUT2D eigenvalue weighted by molar-refractivity contribution is 6.35. The van der Waals surface area contributed by atoms with Crippen LogP contribution >= 0.6 is 23.2 Å². The highest BCUT2D eigenvalue weighted by Gasteiger charge is 2.29. The molecule has 4 aromatic rings. The summed E-state index contributed by atoms with van der Waals surface area (Å²) in [5, 5.41) is 13.0. The minimum atomic E-state index is -0.194. The number of nitrogens with zero attached hydrogens (tertiary/aromatic N) is 4. The van der Waals surface area contributed by atoms with Crippen molar-refractivity contribution in [1.82, 2.24) is 24.7 Å². The molecule has 1 atom stereocenters. The Hall–Kier alpha value is -2.64. The quantitative estimate of drug-likeness (QED) is 0.513. The molecule has 0 aliphatic heterocycles. The second-order valence-electron chi connectivity index (χ2n) is 7.00. The van der Waals surface area contributed by atoms with Crippen molar-refractivity contribution in [2.75, 3.05) is 5.32 Å². The molecule has 3 heterocycles. The fraction of sp³-hybridized carbons (Fsp3) is 0.263. The first-order chi connectivity index (χ1) is 13.5. The number of rotatable bonds is 4. The smallest absolute Gasteiger partial charge is 0.260 e. The Balaban J connectivity index is 1.65. The van der Waals surface area contributed by atoms with Crippen LogP contribution in [0.2, 0.25) is 10.2 Å². The Morgan fingerprint density at radius 2 is 2.07 bits per heavy atom. The van der Waals surface area contributed by atoms with Crippen LogP contribution in [0.4, 0.5) is 5.82 Å². The molecule has 1 aliphatic carbocycles. The molecule has 5 rings (SSSR count). The average molecular weight is 415 g/mol. The summed E-state index contributed by atoms with van der Waals surface area (Å²) in [6, 6.07) is 7.55. The number of benzene rings is 1. The van der Waals surface area contributed by atoms with Crippen LogP contribution < -0.4 is 10.9 Å². The zero-order valence-corrected chi connectivity index (χ0v) is 16.4. The SMILES string of the molecule is CC(Nc1ncnc2n[nH]c(Cl)c12)c1cc2cccc(Cl)c2c(=O)n1C1CC1. The normalized spacial score (nSPS) is 15.2. The fourth-order valence-corrected chi connectivity index (χ4v) is 4.08. The molecule has 1 saturated carbocycles. The lowest BCUT2D eigenvalue weighted by Gasteiger charge is -2.21. The number of hydrogen-bond acceptors (Lipinski definition) is 5. The topological polar surface area (TPSA) is 88.5 Å². The number of fused-ring (bicyclic) bond motifs is 2. The molecule has 0 spiro atoms. The predicted octanol–water partition coefficient (Wildman–Crippen LogP) is 4.48. The van der Waals surface area contributed by atoms with Gasteiger partial charge in [0.25, 0.3) is 5.56 Å². The summed E-state index contributed by atoms with van der Waals surface area (Å²) in [5.41, 5.74) is 1.32.